The number of aromatic nitrogens is 1. The van der Waals surface area contributed by atoms with E-state index in [1.165, 1.54) is 19.2 Å². The zero-order valence-corrected chi connectivity index (χ0v) is 8.60. The van der Waals surface area contributed by atoms with Gasteiger partial charge in [-0.25, -0.2) is 4.79 Å². The number of Topliss-reactive ketones (excluding diaryl/α,β-unsaturated/α-hetero) is 1. The largest absolute Gasteiger partial charge is 0.478 e. The van der Waals surface area contributed by atoms with Crippen molar-refractivity contribution in [1.82, 2.24) is 4.98 Å². The molecule has 0 radical (unpaired) electrons. The van der Waals surface area contributed by atoms with Crippen LogP contribution in [0, 0.1) is 0 Å². The number of carbonyl (C=O) groups is 2. The maximum atomic E-state index is 11.4. The fourth-order valence-electron chi connectivity index (χ4n) is 1.65. The maximum absolute atomic E-state index is 11.4. The summed E-state index contributed by atoms with van der Waals surface area (Å²) >= 11 is 0. The number of rotatable bonds is 2. The number of carboxylic acid groups (broad SMARTS) is 1. The molecule has 2 aromatic rings. The molecule has 4 heteroatoms. The molecule has 0 spiro atoms. The van der Waals surface area contributed by atoms with Gasteiger partial charge in [0.05, 0.1) is 11.1 Å². The standard InChI is InChI=1S/C12H9NO3/c1-7(14)8-3-2-4-9-10(12(15)16)5-6-13-11(8)9/h2-6H,1H3,(H,15,16). The minimum Gasteiger partial charge on any atom is -0.478 e. The predicted molar refractivity (Wildman–Crippen MR) is 58.7 cm³/mol. The summed E-state index contributed by atoms with van der Waals surface area (Å²) in [5.74, 6) is -1.14. The fourth-order valence-corrected chi connectivity index (χ4v) is 1.65. The predicted octanol–water partition coefficient (Wildman–Crippen LogP) is 2.14. The summed E-state index contributed by atoms with van der Waals surface area (Å²) < 4.78 is 0. The van der Waals surface area contributed by atoms with Gasteiger partial charge >= 0.3 is 5.97 Å². The van der Waals surface area contributed by atoms with Crippen molar-refractivity contribution in [2.45, 2.75) is 6.92 Å². The van der Waals surface area contributed by atoms with E-state index in [4.69, 9.17) is 5.11 Å². The van der Waals surface area contributed by atoms with Crippen LogP contribution in [0.5, 0.6) is 0 Å². The lowest BCUT2D eigenvalue weighted by atomic mass is 10.0. The van der Waals surface area contributed by atoms with Gasteiger partial charge in [-0.1, -0.05) is 12.1 Å². The molecule has 0 bridgehead atoms. The van der Waals surface area contributed by atoms with E-state index in [1.807, 2.05) is 0 Å². The second-order valence-corrected chi connectivity index (χ2v) is 3.42. The van der Waals surface area contributed by atoms with E-state index in [-0.39, 0.29) is 11.3 Å². The number of hydrogen-bond donors (Lipinski definition) is 1. The molecule has 1 aromatic heterocycles. The molecule has 0 saturated carbocycles. The molecular weight excluding hydrogens is 206 g/mol. The zero-order valence-electron chi connectivity index (χ0n) is 8.60. The summed E-state index contributed by atoms with van der Waals surface area (Å²) in [5.41, 5.74) is 1.05. The second kappa shape index (κ2) is 3.73. The van der Waals surface area contributed by atoms with Crippen molar-refractivity contribution in [3.63, 3.8) is 0 Å². The van der Waals surface area contributed by atoms with Crippen LogP contribution in [0.15, 0.2) is 30.5 Å². The molecule has 0 atom stereocenters. The molecule has 0 aliphatic rings. The molecule has 0 unspecified atom stereocenters. The monoisotopic (exact) mass is 215 g/mol. The van der Waals surface area contributed by atoms with Crippen LogP contribution in [0.2, 0.25) is 0 Å². The van der Waals surface area contributed by atoms with Gasteiger partial charge in [0.2, 0.25) is 0 Å². The van der Waals surface area contributed by atoms with E-state index < -0.39 is 5.97 Å². The summed E-state index contributed by atoms with van der Waals surface area (Å²) in [6.07, 6.45) is 1.40. The van der Waals surface area contributed by atoms with Gasteiger partial charge in [-0.05, 0) is 19.1 Å². The number of aromatic carboxylic acids is 1. The number of carboxylic acids is 1. The van der Waals surface area contributed by atoms with E-state index in [0.717, 1.165) is 0 Å². The molecule has 4 nitrogen and oxygen atoms in total. The number of benzene rings is 1. The van der Waals surface area contributed by atoms with Gasteiger partial charge in [0.25, 0.3) is 0 Å². The third-order valence-electron chi connectivity index (χ3n) is 2.38. The van der Waals surface area contributed by atoms with Crippen LogP contribution < -0.4 is 0 Å². The highest BCUT2D eigenvalue weighted by molar-refractivity contribution is 6.10. The Morgan fingerprint density at radius 1 is 1.19 bits per heavy atom. The smallest absolute Gasteiger partial charge is 0.336 e. The van der Waals surface area contributed by atoms with Crippen molar-refractivity contribution in [3.8, 4) is 0 Å². The van der Waals surface area contributed by atoms with E-state index in [9.17, 15) is 9.59 Å². The van der Waals surface area contributed by atoms with Crippen molar-refractivity contribution in [2.24, 2.45) is 0 Å². The molecule has 1 heterocycles. The van der Waals surface area contributed by atoms with E-state index >= 15 is 0 Å². The van der Waals surface area contributed by atoms with Gasteiger partial charge in [-0.2, -0.15) is 0 Å². The molecule has 16 heavy (non-hydrogen) atoms. The Morgan fingerprint density at radius 3 is 2.56 bits per heavy atom. The summed E-state index contributed by atoms with van der Waals surface area (Å²) in [6.45, 7) is 1.43. The number of ketones is 1. The van der Waals surface area contributed by atoms with Crippen LogP contribution >= 0.6 is 0 Å². The molecule has 0 amide bonds. The number of hydrogen-bond acceptors (Lipinski definition) is 3. The topological polar surface area (TPSA) is 67.3 Å². The van der Waals surface area contributed by atoms with Crippen LogP contribution in [0.1, 0.15) is 27.6 Å². The Morgan fingerprint density at radius 2 is 1.94 bits per heavy atom. The summed E-state index contributed by atoms with van der Waals surface area (Å²) in [4.78, 5) is 26.4. The third-order valence-corrected chi connectivity index (χ3v) is 2.38. The third kappa shape index (κ3) is 1.54. The first-order valence-electron chi connectivity index (χ1n) is 4.73. The zero-order chi connectivity index (χ0) is 11.7. The Hall–Kier alpha value is -2.23. The summed E-state index contributed by atoms with van der Waals surface area (Å²) in [7, 11) is 0. The van der Waals surface area contributed by atoms with E-state index in [0.29, 0.717) is 16.5 Å². The van der Waals surface area contributed by atoms with Crippen LogP contribution in [-0.4, -0.2) is 21.8 Å². The SMILES string of the molecule is CC(=O)c1cccc2c(C(=O)O)ccnc12. The van der Waals surface area contributed by atoms with Gasteiger partial charge < -0.3 is 5.11 Å². The van der Waals surface area contributed by atoms with Crippen LogP contribution in [0.3, 0.4) is 0 Å². The number of nitrogens with zero attached hydrogens (tertiary/aromatic N) is 1. The lowest BCUT2D eigenvalue weighted by Crippen LogP contribution is -2.01. The first-order chi connectivity index (χ1) is 7.61. The highest BCUT2D eigenvalue weighted by atomic mass is 16.4. The van der Waals surface area contributed by atoms with Crippen LogP contribution in [0.4, 0.5) is 0 Å². The highest BCUT2D eigenvalue weighted by Crippen LogP contribution is 2.20. The van der Waals surface area contributed by atoms with E-state index in [1.54, 1.807) is 18.2 Å². The highest BCUT2D eigenvalue weighted by Gasteiger charge is 2.12. The second-order valence-electron chi connectivity index (χ2n) is 3.42. The maximum Gasteiger partial charge on any atom is 0.336 e. The van der Waals surface area contributed by atoms with Gasteiger partial charge in [-0.15, -0.1) is 0 Å². The molecule has 0 fully saturated rings. The number of carbonyl (C=O) groups excluding carboxylic acids is 1. The first-order valence-corrected chi connectivity index (χ1v) is 4.73. The Bertz CT molecular complexity index is 537. The molecule has 2 rings (SSSR count). The number of pyridine rings is 1. The first kappa shape index (κ1) is 10.3. The average molecular weight is 215 g/mol. The minimum absolute atomic E-state index is 0.124. The van der Waals surface area contributed by atoms with Crippen molar-refractivity contribution < 1.29 is 14.7 Å². The van der Waals surface area contributed by atoms with Crippen molar-refractivity contribution in [1.29, 1.82) is 0 Å². The normalized spacial score (nSPS) is 10.3. The molecule has 0 saturated heterocycles. The van der Waals surface area contributed by atoms with Gasteiger partial charge in [0.1, 0.15) is 0 Å². The summed E-state index contributed by atoms with van der Waals surface area (Å²) in [5, 5.41) is 9.49. The quantitative estimate of drug-likeness (QED) is 0.779. The van der Waals surface area contributed by atoms with Crippen molar-refractivity contribution in [3.05, 3.63) is 41.6 Å². The molecule has 1 aromatic carbocycles. The van der Waals surface area contributed by atoms with Crippen LogP contribution in [0.25, 0.3) is 10.9 Å². The Balaban J connectivity index is 2.86. The lowest BCUT2D eigenvalue weighted by molar-refractivity contribution is 0.0698. The fraction of sp³-hybridized carbons (Fsp3) is 0.0833. The number of para-hydroxylation sites is 1. The molecular formula is C12H9NO3. The van der Waals surface area contributed by atoms with Gasteiger partial charge in [-0.3, -0.25) is 9.78 Å². The van der Waals surface area contributed by atoms with E-state index in [2.05, 4.69) is 4.98 Å². The van der Waals surface area contributed by atoms with Gasteiger partial charge in [0.15, 0.2) is 5.78 Å². The Kier molecular flexibility index (Phi) is 2.40. The van der Waals surface area contributed by atoms with Crippen molar-refractivity contribution >= 4 is 22.7 Å². The minimum atomic E-state index is -1.02. The summed E-state index contributed by atoms with van der Waals surface area (Å²) in [6, 6.07) is 6.38. The molecule has 0 aliphatic carbocycles. The average Bonchev–Trinajstić information content (AvgIpc) is 2.27. The van der Waals surface area contributed by atoms with Crippen LogP contribution in [-0.2, 0) is 0 Å². The van der Waals surface area contributed by atoms with Crippen molar-refractivity contribution in [2.75, 3.05) is 0 Å². The molecule has 80 valence electrons. The Labute approximate surface area is 91.5 Å². The lowest BCUT2D eigenvalue weighted by Gasteiger charge is -2.04. The molecule has 1 N–H and O–H groups in total. The molecule has 0 aliphatic heterocycles. The number of fused-ring (bicyclic) bond motifs is 1. The van der Waals surface area contributed by atoms with Gasteiger partial charge in [0, 0.05) is 17.1 Å².